The van der Waals surface area contributed by atoms with Gasteiger partial charge in [-0.05, 0) is 42.8 Å². The molecule has 0 aliphatic rings. The van der Waals surface area contributed by atoms with Gasteiger partial charge in [-0.2, -0.15) is 13.2 Å². The van der Waals surface area contributed by atoms with E-state index in [1.165, 1.54) is 0 Å². The minimum atomic E-state index is -4.48. The standard InChI is InChI=1S/C18H19F3N2O3S/c1-3-16(23(27(2,25)26)15-7-5-4-6-8-15)17(24)22-14-11-9-13(10-12-14)18(19,20)21/h4-12,16H,3H2,1-2H3,(H,22,24)/t16-/m1/s1. The van der Waals surface area contributed by atoms with Crippen LogP contribution in [0.5, 0.6) is 0 Å². The fraction of sp³-hybridized carbons (Fsp3) is 0.278. The molecule has 0 unspecified atom stereocenters. The number of nitrogens with one attached hydrogen (secondary N) is 1. The van der Waals surface area contributed by atoms with Crippen molar-refractivity contribution in [3.8, 4) is 0 Å². The normalized spacial score (nSPS) is 13.1. The fourth-order valence-electron chi connectivity index (χ4n) is 2.60. The number of benzene rings is 2. The van der Waals surface area contributed by atoms with Crippen molar-refractivity contribution in [2.24, 2.45) is 0 Å². The maximum Gasteiger partial charge on any atom is 0.416 e. The number of rotatable bonds is 6. The molecular formula is C18H19F3N2O3S. The minimum absolute atomic E-state index is 0.146. The molecule has 0 saturated heterocycles. The summed E-state index contributed by atoms with van der Waals surface area (Å²) >= 11 is 0. The summed E-state index contributed by atoms with van der Waals surface area (Å²) in [6.07, 6.45) is -3.31. The molecule has 0 spiro atoms. The second kappa shape index (κ2) is 7.99. The van der Waals surface area contributed by atoms with E-state index in [0.29, 0.717) is 5.69 Å². The zero-order chi connectivity index (χ0) is 20.2. The number of amides is 1. The summed E-state index contributed by atoms with van der Waals surface area (Å²) in [6.45, 7) is 1.65. The van der Waals surface area contributed by atoms with Crippen LogP contribution < -0.4 is 9.62 Å². The predicted octanol–water partition coefficient (Wildman–Crippen LogP) is 3.89. The van der Waals surface area contributed by atoms with Crippen molar-refractivity contribution in [1.82, 2.24) is 0 Å². The maximum absolute atomic E-state index is 12.6. The molecular weight excluding hydrogens is 381 g/mol. The first-order valence-corrected chi connectivity index (χ1v) is 9.91. The Morgan fingerprint density at radius 1 is 1.07 bits per heavy atom. The highest BCUT2D eigenvalue weighted by Gasteiger charge is 2.32. The lowest BCUT2D eigenvalue weighted by Crippen LogP contribution is -2.46. The molecule has 27 heavy (non-hydrogen) atoms. The van der Waals surface area contributed by atoms with Gasteiger partial charge in [0, 0.05) is 5.69 Å². The van der Waals surface area contributed by atoms with E-state index in [0.717, 1.165) is 34.8 Å². The molecule has 1 atom stereocenters. The Hall–Kier alpha value is -2.55. The number of carbonyl (C=O) groups excluding carboxylic acids is 1. The topological polar surface area (TPSA) is 66.5 Å². The van der Waals surface area contributed by atoms with Crippen LogP contribution in [0.25, 0.3) is 0 Å². The van der Waals surface area contributed by atoms with Gasteiger partial charge in [0.25, 0.3) is 0 Å². The lowest BCUT2D eigenvalue weighted by molar-refractivity contribution is -0.137. The average molecular weight is 400 g/mol. The van der Waals surface area contributed by atoms with E-state index in [1.54, 1.807) is 37.3 Å². The largest absolute Gasteiger partial charge is 0.416 e. The molecule has 1 N–H and O–H groups in total. The summed E-state index contributed by atoms with van der Waals surface area (Å²) in [5, 5.41) is 2.48. The molecule has 9 heteroatoms. The van der Waals surface area contributed by atoms with Crippen LogP contribution in [-0.2, 0) is 21.0 Å². The van der Waals surface area contributed by atoms with Gasteiger partial charge in [0.2, 0.25) is 15.9 Å². The molecule has 0 aliphatic heterocycles. The monoisotopic (exact) mass is 400 g/mol. The summed E-state index contributed by atoms with van der Waals surface area (Å²) in [7, 11) is -3.77. The molecule has 0 bridgehead atoms. The Balaban J connectivity index is 2.28. The maximum atomic E-state index is 12.6. The first kappa shape index (κ1) is 20.8. The number of nitrogens with zero attached hydrogens (tertiary/aromatic N) is 1. The van der Waals surface area contributed by atoms with Gasteiger partial charge in [-0.3, -0.25) is 9.10 Å². The molecule has 0 aromatic heterocycles. The molecule has 0 aliphatic carbocycles. The second-order valence-corrected chi connectivity index (χ2v) is 7.74. The van der Waals surface area contributed by atoms with Gasteiger partial charge < -0.3 is 5.32 Å². The zero-order valence-electron chi connectivity index (χ0n) is 14.7. The minimum Gasteiger partial charge on any atom is -0.324 e. The van der Waals surface area contributed by atoms with Crippen LogP contribution >= 0.6 is 0 Å². The van der Waals surface area contributed by atoms with E-state index in [-0.39, 0.29) is 12.1 Å². The van der Waals surface area contributed by atoms with Crippen molar-refractivity contribution in [3.05, 3.63) is 60.2 Å². The molecule has 1 amide bonds. The van der Waals surface area contributed by atoms with E-state index >= 15 is 0 Å². The van der Waals surface area contributed by atoms with Crippen LogP contribution in [0, 0.1) is 0 Å². The third-order valence-electron chi connectivity index (χ3n) is 3.82. The predicted molar refractivity (Wildman–Crippen MR) is 97.9 cm³/mol. The Kier molecular flexibility index (Phi) is 6.15. The second-order valence-electron chi connectivity index (χ2n) is 5.88. The molecule has 5 nitrogen and oxygen atoms in total. The average Bonchev–Trinajstić information content (AvgIpc) is 2.58. The van der Waals surface area contributed by atoms with Crippen molar-refractivity contribution in [3.63, 3.8) is 0 Å². The third-order valence-corrected chi connectivity index (χ3v) is 5.00. The highest BCUT2D eigenvalue weighted by molar-refractivity contribution is 7.92. The van der Waals surface area contributed by atoms with Crippen molar-refractivity contribution >= 4 is 27.3 Å². The van der Waals surface area contributed by atoms with Gasteiger partial charge in [0.05, 0.1) is 17.5 Å². The number of carbonyl (C=O) groups is 1. The van der Waals surface area contributed by atoms with Crippen LogP contribution in [0.15, 0.2) is 54.6 Å². The van der Waals surface area contributed by atoms with Gasteiger partial charge in [0.15, 0.2) is 0 Å². The van der Waals surface area contributed by atoms with Crippen LogP contribution in [0.4, 0.5) is 24.5 Å². The summed E-state index contributed by atoms with van der Waals surface area (Å²) in [5.41, 5.74) is -0.364. The van der Waals surface area contributed by atoms with Crippen LogP contribution in [0.1, 0.15) is 18.9 Å². The zero-order valence-corrected chi connectivity index (χ0v) is 15.5. The molecule has 0 fully saturated rings. The number of halogens is 3. The van der Waals surface area contributed by atoms with Gasteiger partial charge in [-0.1, -0.05) is 25.1 Å². The number of alkyl halides is 3. The molecule has 146 valence electrons. The van der Waals surface area contributed by atoms with Crippen molar-refractivity contribution < 1.29 is 26.4 Å². The van der Waals surface area contributed by atoms with E-state index < -0.39 is 33.7 Å². The Labute approximate surface area is 155 Å². The number of anilines is 2. The molecule has 0 radical (unpaired) electrons. The molecule has 2 aromatic carbocycles. The number of para-hydroxylation sites is 1. The summed E-state index contributed by atoms with van der Waals surface area (Å²) in [6, 6.07) is 11.0. The highest BCUT2D eigenvalue weighted by atomic mass is 32.2. The fourth-order valence-corrected chi connectivity index (χ4v) is 3.82. The van der Waals surface area contributed by atoms with Crippen LogP contribution in [-0.4, -0.2) is 26.6 Å². The van der Waals surface area contributed by atoms with Gasteiger partial charge in [0.1, 0.15) is 6.04 Å². The smallest absolute Gasteiger partial charge is 0.324 e. The van der Waals surface area contributed by atoms with Gasteiger partial charge >= 0.3 is 6.18 Å². The third kappa shape index (κ3) is 5.22. The Morgan fingerprint density at radius 2 is 1.63 bits per heavy atom. The van der Waals surface area contributed by atoms with Crippen LogP contribution in [0.3, 0.4) is 0 Å². The molecule has 2 aromatic rings. The van der Waals surface area contributed by atoms with Crippen molar-refractivity contribution in [1.29, 1.82) is 0 Å². The SMILES string of the molecule is CC[C@H](C(=O)Nc1ccc(C(F)(F)F)cc1)N(c1ccccc1)S(C)(=O)=O. The van der Waals surface area contributed by atoms with Gasteiger partial charge in [-0.25, -0.2) is 8.42 Å². The van der Waals surface area contributed by atoms with E-state index in [1.807, 2.05) is 0 Å². The number of sulfonamides is 1. The lowest BCUT2D eigenvalue weighted by Gasteiger charge is -2.30. The van der Waals surface area contributed by atoms with E-state index in [9.17, 15) is 26.4 Å². The first-order chi connectivity index (χ1) is 12.5. The molecule has 0 saturated carbocycles. The van der Waals surface area contributed by atoms with Crippen molar-refractivity contribution in [2.75, 3.05) is 15.9 Å². The summed E-state index contributed by atoms with van der Waals surface area (Å²) in [4.78, 5) is 12.6. The Bertz CT molecular complexity index is 882. The van der Waals surface area contributed by atoms with Crippen molar-refractivity contribution in [2.45, 2.75) is 25.6 Å². The first-order valence-electron chi connectivity index (χ1n) is 8.06. The van der Waals surface area contributed by atoms with E-state index in [2.05, 4.69) is 5.32 Å². The quantitative estimate of drug-likeness (QED) is 0.800. The molecule has 2 rings (SSSR count). The molecule has 0 heterocycles. The van der Waals surface area contributed by atoms with Crippen LogP contribution in [0.2, 0.25) is 0 Å². The van der Waals surface area contributed by atoms with Gasteiger partial charge in [-0.15, -0.1) is 0 Å². The Morgan fingerprint density at radius 3 is 2.07 bits per heavy atom. The summed E-state index contributed by atoms with van der Waals surface area (Å²) in [5.74, 6) is -0.633. The number of hydrogen-bond donors (Lipinski definition) is 1. The lowest BCUT2D eigenvalue weighted by atomic mass is 10.1. The number of hydrogen-bond acceptors (Lipinski definition) is 3. The van der Waals surface area contributed by atoms with E-state index in [4.69, 9.17) is 0 Å². The highest BCUT2D eigenvalue weighted by Crippen LogP contribution is 2.30. The summed E-state index contributed by atoms with van der Waals surface area (Å²) < 4.78 is 63.4.